The first-order chi connectivity index (χ1) is 8.94. The van der Waals surface area contributed by atoms with Crippen LogP contribution in [-0.4, -0.2) is 21.5 Å². The van der Waals surface area contributed by atoms with Crippen LogP contribution in [0, 0.1) is 0 Å². The molecule has 0 saturated heterocycles. The topological polar surface area (TPSA) is 58.2 Å². The van der Waals surface area contributed by atoms with Crippen molar-refractivity contribution in [3.05, 3.63) is 35.4 Å². The van der Waals surface area contributed by atoms with E-state index in [1.54, 1.807) is 0 Å². The summed E-state index contributed by atoms with van der Waals surface area (Å²) in [6.45, 7) is 7.13. The zero-order valence-electron chi connectivity index (χ0n) is 11.9. The van der Waals surface area contributed by atoms with Crippen LogP contribution in [0.5, 0.6) is 0 Å². The molecule has 0 heterocycles. The maximum atomic E-state index is 11.5. The van der Waals surface area contributed by atoms with Crippen molar-refractivity contribution < 1.29 is 8.42 Å². The van der Waals surface area contributed by atoms with E-state index in [9.17, 15) is 8.42 Å². The van der Waals surface area contributed by atoms with Crippen LogP contribution in [-0.2, 0) is 16.6 Å². The normalized spacial score (nSPS) is 12.0. The highest BCUT2D eigenvalue weighted by Crippen LogP contribution is 2.14. The van der Waals surface area contributed by atoms with Gasteiger partial charge in [-0.25, -0.2) is 9.44 Å². The number of nitrogens with one attached hydrogen (secondary N) is 2. The smallest absolute Gasteiger partial charge is 0.202 e. The zero-order chi connectivity index (χ0) is 14.3. The molecule has 0 aliphatic carbocycles. The number of hydrogen-bond acceptors (Lipinski definition) is 2. The van der Waals surface area contributed by atoms with Crippen molar-refractivity contribution in [1.82, 2.24) is 9.44 Å². The van der Waals surface area contributed by atoms with Gasteiger partial charge in [-0.15, -0.1) is 0 Å². The molecule has 1 rings (SSSR count). The molecule has 1 aromatic rings. The Kier molecular flexibility index (Phi) is 6.48. The van der Waals surface area contributed by atoms with E-state index in [-0.39, 0.29) is 0 Å². The molecule has 5 heteroatoms. The molecule has 0 atom stereocenters. The average molecular weight is 284 g/mol. The van der Waals surface area contributed by atoms with Gasteiger partial charge in [0.1, 0.15) is 0 Å². The summed E-state index contributed by atoms with van der Waals surface area (Å²) in [4.78, 5) is 0. The molecule has 0 spiro atoms. The van der Waals surface area contributed by atoms with Crippen LogP contribution in [0.25, 0.3) is 0 Å². The fourth-order valence-corrected chi connectivity index (χ4v) is 2.63. The molecule has 4 nitrogen and oxygen atoms in total. The molecule has 0 saturated carbocycles. The summed E-state index contributed by atoms with van der Waals surface area (Å²) >= 11 is 0. The molecule has 0 radical (unpaired) electrons. The summed E-state index contributed by atoms with van der Waals surface area (Å²) in [6, 6.07) is 8.32. The number of benzene rings is 1. The van der Waals surface area contributed by atoms with E-state index in [0.717, 1.165) is 12.0 Å². The van der Waals surface area contributed by atoms with E-state index >= 15 is 0 Å². The number of rotatable bonds is 8. The van der Waals surface area contributed by atoms with Gasteiger partial charge in [0.15, 0.2) is 0 Å². The Morgan fingerprint density at radius 2 is 1.63 bits per heavy atom. The van der Waals surface area contributed by atoms with Crippen molar-refractivity contribution in [3.63, 3.8) is 0 Å². The minimum atomic E-state index is -3.34. The monoisotopic (exact) mass is 284 g/mol. The summed E-state index contributed by atoms with van der Waals surface area (Å²) in [6.07, 6.45) is 1.49. The van der Waals surface area contributed by atoms with Crippen LogP contribution < -0.4 is 9.44 Å². The van der Waals surface area contributed by atoms with Gasteiger partial charge in [0.2, 0.25) is 0 Å². The molecule has 19 heavy (non-hydrogen) atoms. The van der Waals surface area contributed by atoms with Crippen molar-refractivity contribution in [2.75, 3.05) is 13.1 Å². The summed E-state index contributed by atoms with van der Waals surface area (Å²) in [5, 5.41) is 0. The van der Waals surface area contributed by atoms with Gasteiger partial charge in [-0.3, -0.25) is 0 Å². The molecule has 0 aromatic heterocycles. The zero-order valence-corrected chi connectivity index (χ0v) is 12.8. The summed E-state index contributed by atoms with van der Waals surface area (Å²) in [5.74, 6) is 0.519. The third-order valence-corrected chi connectivity index (χ3v) is 4.06. The minimum absolute atomic E-state index is 0.417. The fourth-order valence-electron chi connectivity index (χ4n) is 1.69. The van der Waals surface area contributed by atoms with Crippen LogP contribution in [0.4, 0.5) is 0 Å². The quantitative estimate of drug-likeness (QED) is 0.769. The largest absolute Gasteiger partial charge is 0.276 e. The lowest BCUT2D eigenvalue weighted by Crippen LogP contribution is -2.37. The van der Waals surface area contributed by atoms with Gasteiger partial charge >= 0.3 is 0 Å². The minimum Gasteiger partial charge on any atom is -0.202 e. The predicted octanol–water partition coefficient (Wildman–Crippen LogP) is 2.19. The van der Waals surface area contributed by atoms with Gasteiger partial charge < -0.3 is 0 Å². The Morgan fingerprint density at radius 1 is 1.05 bits per heavy atom. The SMILES string of the molecule is CCCNS(=O)(=O)NCCc1ccc(C(C)C)cc1. The fraction of sp³-hybridized carbons (Fsp3) is 0.571. The van der Waals surface area contributed by atoms with Crippen molar-refractivity contribution in [3.8, 4) is 0 Å². The first kappa shape index (κ1) is 16.1. The molecule has 0 fully saturated rings. The van der Waals surface area contributed by atoms with E-state index in [1.807, 2.05) is 6.92 Å². The predicted molar refractivity (Wildman–Crippen MR) is 79.5 cm³/mol. The second-order valence-corrected chi connectivity index (χ2v) is 6.52. The van der Waals surface area contributed by atoms with Gasteiger partial charge in [0, 0.05) is 13.1 Å². The highest BCUT2D eigenvalue weighted by molar-refractivity contribution is 7.87. The van der Waals surface area contributed by atoms with E-state index in [4.69, 9.17) is 0 Å². The Balaban J connectivity index is 2.41. The van der Waals surface area contributed by atoms with Crippen molar-refractivity contribution in [2.24, 2.45) is 0 Å². The van der Waals surface area contributed by atoms with Crippen LogP contribution >= 0.6 is 0 Å². The van der Waals surface area contributed by atoms with E-state index < -0.39 is 10.2 Å². The van der Waals surface area contributed by atoms with Crippen LogP contribution in [0.2, 0.25) is 0 Å². The maximum absolute atomic E-state index is 11.5. The molecule has 0 aliphatic heterocycles. The molecule has 108 valence electrons. The first-order valence-corrected chi connectivity index (χ1v) is 8.26. The summed E-state index contributed by atoms with van der Waals surface area (Å²) < 4.78 is 28.0. The van der Waals surface area contributed by atoms with E-state index in [0.29, 0.717) is 25.4 Å². The highest BCUT2D eigenvalue weighted by atomic mass is 32.2. The molecular weight excluding hydrogens is 260 g/mol. The van der Waals surface area contributed by atoms with E-state index in [2.05, 4.69) is 47.6 Å². The standard InChI is InChI=1S/C14H24N2O2S/c1-4-10-15-19(17,18)16-11-9-13-5-7-14(8-6-13)12(2)3/h5-8,12,15-16H,4,9-11H2,1-3H3. The van der Waals surface area contributed by atoms with Crippen LogP contribution in [0.3, 0.4) is 0 Å². The average Bonchev–Trinajstić information content (AvgIpc) is 2.37. The first-order valence-electron chi connectivity index (χ1n) is 6.77. The lowest BCUT2D eigenvalue weighted by atomic mass is 10.0. The van der Waals surface area contributed by atoms with Gasteiger partial charge in [-0.1, -0.05) is 45.0 Å². The van der Waals surface area contributed by atoms with Crippen molar-refractivity contribution in [2.45, 2.75) is 39.5 Å². The summed E-state index contributed by atoms with van der Waals surface area (Å²) in [5.41, 5.74) is 2.44. The Hall–Kier alpha value is -0.910. The van der Waals surface area contributed by atoms with Gasteiger partial charge in [-0.2, -0.15) is 8.42 Å². The second kappa shape index (κ2) is 7.62. The lowest BCUT2D eigenvalue weighted by Gasteiger charge is -2.09. The molecule has 0 bridgehead atoms. The van der Waals surface area contributed by atoms with Gasteiger partial charge in [0.25, 0.3) is 10.2 Å². The second-order valence-electron chi connectivity index (χ2n) is 4.94. The third kappa shape index (κ3) is 6.18. The molecule has 1 aromatic carbocycles. The lowest BCUT2D eigenvalue weighted by molar-refractivity contribution is 0.566. The Morgan fingerprint density at radius 3 is 2.16 bits per heavy atom. The Bertz CT molecular complexity index is 467. The van der Waals surface area contributed by atoms with Crippen LogP contribution in [0.15, 0.2) is 24.3 Å². The number of hydrogen-bond donors (Lipinski definition) is 2. The maximum Gasteiger partial charge on any atom is 0.276 e. The van der Waals surface area contributed by atoms with Crippen molar-refractivity contribution >= 4 is 10.2 Å². The summed E-state index contributed by atoms with van der Waals surface area (Å²) in [7, 11) is -3.34. The third-order valence-electron chi connectivity index (χ3n) is 2.89. The highest BCUT2D eigenvalue weighted by Gasteiger charge is 2.07. The van der Waals surface area contributed by atoms with Crippen molar-refractivity contribution in [1.29, 1.82) is 0 Å². The molecule has 2 N–H and O–H groups in total. The van der Waals surface area contributed by atoms with Gasteiger partial charge in [-0.05, 0) is 29.9 Å². The molecular formula is C14H24N2O2S. The van der Waals surface area contributed by atoms with E-state index in [1.165, 1.54) is 5.56 Å². The molecule has 0 unspecified atom stereocenters. The Labute approximate surface area is 116 Å². The molecule has 0 amide bonds. The van der Waals surface area contributed by atoms with Gasteiger partial charge in [0.05, 0.1) is 0 Å². The van der Waals surface area contributed by atoms with Crippen LogP contribution in [0.1, 0.15) is 44.2 Å². The molecule has 0 aliphatic rings.